The Bertz CT molecular complexity index is 590. The molecule has 2 heterocycles. The molecule has 0 saturated carbocycles. The number of carbonyl (C=O) groups is 2. The molecule has 7 heteroatoms. The maximum Gasteiger partial charge on any atom is 0.324 e. The molecule has 6 nitrogen and oxygen atoms in total. The molecule has 3 amide bonds. The minimum absolute atomic E-state index is 0. The highest BCUT2D eigenvalue weighted by Crippen LogP contribution is 2.17. The van der Waals surface area contributed by atoms with E-state index in [0.29, 0.717) is 6.54 Å². The Labute approximate surface area is 155 Å². The van der Waals surface area contributed by atoms with E-state index in [1.807, 2.05) is 19.9 Å². The van der Waals surface area contributed by atoms with E-state index in [-0.39, 0.29) is 36.3 Å². The summed E-state index contributed by atoms with van der Waals surface area (Å²) in [5.41, 5.74) is 1.26. The number of imide groups is 1. The van der Waals surface area contributed by atoms with Crippen LogP contribution < -0.4 is 10.2 Å². The van der Waals surface area contributed by atoms with Crippen LogP contribution in [0, 0.1) is 5.92 Å². The smallest absolute Gasteiger partial charge is 0.324 e. The fraction of sp³-hybridized carbons (Fsp3) is 0.556. The van der Waals surface area contributed by atoms with Crippen molar-refractivity contribution < 1.29 is 9.59 Å². The van der Waals surface area contributed by atoms with Gasteiger partial charge >= 0.3 is 6.03 Å². The molecule has 2 unspecified atom stereocenters. The third-order valence-corrected chi connectivity index (χ3v) is 5.14. The summed E-state index contributed by atoms with van der Waals surface area (Å²) in [5.74, 6) is -0.216. The van der Waals surface area contributed by atoms with Gasteiger partial charge in [0.15, 0.2) is 0 Å². The fourth-order valence-electron chi connectivity index (χ4n) is 3.28. The number of hydrogen-bond acceptors (Lipinski definition) is 4. The van der Waals surface area contributed by atoms with Crippen LogP contribution in [0.5, 0.6) is 0 Å². The van der Waals surface area contributed by atoms with Gasteiger partial charge in [-0.2, -0.15) is 0 Å². The predicted molar refractivity (Wildman–Crippen MR) is 101 cm³/mol. The van der Waals surface area contributed by atoms with Crippen LogP contribution in [0.4, 0.5) is 10.5 Å². The topological polar surface area (TPSA) is 55.9 Å². The molecule has 1 aromatic carbocycles. The average Bonchev–Trinajstić information content (AvgIpc) is 2.61. The lowest BCUT2D eigenvalue weighted by molar-refractivity contribution is -0.134. The molecule has 25 heavy (non-hydrogen) atoms. The van der Waals surface area contributed by atoms with Gasteiger partial charge in [-0.3, -0.25) is 14.6 Å². The van der Waals surface area contributed by atoms with E-state index in [4.69, 9.17) is 0 Å². The van der Waals surface area contributed by atoms with Gasteiger partial charge in [0, 0.05) is 51.0 Å². The van der Waals surface area contributed by atoms with E-state index in [2.05, 4.69) is 39.4 Å². The molecule has 1 N–H and O–H groups in total. The summed E-state index contributed by atoms with van der Waals surface area (Å²) >= 11 is 0. The van der Waals surface area contributed by atoms with Gasteiger partial charge in [0.1, 0.15) is 0 Å². The highest BCUT2D eigenvalue weighted by Gasteiger charge is 2.36. The van der Waals surface area contributed by atoms with Gasteiger partial charge in [0.2, 0.25) is 5.91 Å². The summed E-state index contributed by atoms with van der Waals surface area (Å²) in [4.78, 5) is 30.4. The Balaban J connectivity index is 0.00000225. The van der Waals surface area contributed by atoms with E-state index in [1.54, 1.807) is 0 Å². The Morgan fingerprint density at radius 2 is 1.64 bits per heavy atom. The molecule has 0 aliphatic carbocycles. The first-order valence-electron chi connectivity index (χ1n) is 8.70. The second-order valence-electron chi connectivity index (χ2n) is 6.68. The molecule has 2 saturated heterocycles. The first-order chi connectivity index (χ1) is 11.6. The van der Waals surface area contributed by atoms with Crippen molar-refractivity contribution in [1.29, 1.82) is 0 Å². The molecule has 0 spiro atoms. The molecule has 2 aliphatic heterocycles. The summed E-state index contributed by atoms with van der Waals surface area (Å²) in [6.07, 6.45) is 0. The number of nitrogens with one attached hydrogen (secondary N) is 1. The van der Waals surface area contributed by atoms with Crippen molar-refractivity contribution in [2.24, 2.45) is 5.92 Å². The van der Waals surface area contributed by atoms with Crippen molar-refractivity contribution >= 4 is 30.0 Å². The molecule has 0 radical (unpaired) electrons. The van der Waals surface area contributed by atoms with Gasteiger partial charge in [-0.15, -0.1) is 12.4 Å². The molecule has 2 fully saturated rings. The quantitative estimate of drug-likeness (QED) is 0.883. The van der Waals surface area contributed by atoms with Crippen LogP contribution in [0.15, 0.2) is 30.3 Å². The lowest BCUT2D eigenvalue weighted by atomic mass is 10.00. The number of amides is 3. The number of carbonyl (C=O) groups excluding carboxylic acids is 2. The van der Waals surface area contributed by atoms with E-state index in [0.717, 1.165) is 32.7 Å². The van der Waals surface area contributed by atoms with Gasteiger partial charge in [-0.1, -0.05) is 25.1 Å². The second-order valence-corrected chi connectivity index (χ2v) is 6.68. The molecule has 2 aliphatic rings. The van der Waals surface area contributed by atoms with Gasteiger partial charge < -0.3 is 10.2 Å². The van der Waals surface area contributed by atoms with E-state index < -0.39 is 0 Å². The zero-order valence-electron chi connectivity index (χ0n) is 14.9. The predicted octanol–water partition coefficient (Wildman–Crippen LogP) is 1.81. The highest BCUT2D eigenvalue weighted by atomic mass is 35.5. The minimum Gasteiger partial charge on any atom is -0.369 e. The van der Waals surface area contributed by atoms with Gasteiger partial charge in [0.25, 0.3) is 0 Å². The van der Waals surface area contributed by atoms with Gasteiger partial charge in [0.05, 0.1) is 5.92 Å². The van der Waals surface area contributed by atoms with Crippen molar-refractivity contribution in [3.63, 3.8) is 0 Å². The number of halogens is 1. The molecule has 0 bridgehead atoms. The maximum atomic E-state index is 12.3. The third-order valence-electron chi connectivity index (χ3n) is 5.14. The number of urea groups is 1. The van der Waals surface area contributed by atoms with Crippen molar-refractivity contribution in [2.75, 3.05) is 44.2 Å². The zero-order valence-corrected chi connectivity index (χ0v) is 15.7. The molecule has 1 aromatic rings. The largest absolute Gasteiger partial charge is 0.369 e. The summed E-state index contributed by atoms with van der Waals surface area (Å²) in [6, 6.07) is 10.1. The molecule has 138 valence electrons. The van der Waals surface area contributed by atoms with Crippen LogP contribution in [0.25, 0.3) is 0 Å². The molecule has 0 aromatic heterocycles. The van der Waals surface area contributed by atoms with Gasteiger partial charge in [-0.25, -0.2) is 4.79 Å². The van der Waals surface area contributed by atoms with E-state index >= 15 is 0 Å². The van der Waals surface area contributed by atoms with Gasteiger partial charge in [-0.05, 0) is 19.1 Å². The Kier molecular flexibility index (Phi) is 6.67. The number of nitrogens with zero attached hydrogens (tertiary/aromatic N) is 3. The van der Waals surface area contributed by atoms with Crippen LogP contribution in [0.2, 0.25) is 0 Å². The number of para-hydroxylation sites is 1. The lowest BCUT2D eigenvalue weighted by Gasteiger charge is -2.38. The number of anilines is 1. The molecule has 2 atom stereocenters. The highest BCUT2D eigenvalue weighted by molar-refractivity contribution is 5.98. The first kappa shape index (κ1) is 19.5. The number of benzene rings is 1. The third kappa shape index (κ3) is 4.44. The van der Waals surface area contributed by atoms with Crippen molar-refractivity contribution in [2.45, 2.75) is 19.9 Å². The van der Waals surface area contributed by atoms with E-state index in [9.17, 15) is 9.59 Å². The number of rotatable bonds is 4. The van der Waals surface area contributed by atoms with Crippen molar-refractivity contribution in [3.8, 4) is 0 Å². The Morgan fingerprint density at radius 1 is 1.00 bits per heavy atom. The maximum absolute atomic E-state index is 12.3. The molecular weight excluding hydrogens is 340 g/mol. The van der Waals surface area contributed by atoms with Crippen LogP contribution in [0.1, 0.15) is 13.8 Å². The Morgan fingerprint density at radius 3 is 2.28 bits per heavy atom. The zero-order chi connectivity index (χ0) is 17.1. The lowest BCUT2D eigenvalue weighted by Crippen LogP contribution is -2.60. The van der Waals surface area contributed by atoms with Crippen LogP contribution >= 0.6 is 12.4 Å². The van der Waals surface area contributed by atoms with Crippen LogP contribution in [0.3, 0.4) is 0 Å². The van der Waals surface area contributed by atoms with Crippen molar-refractivity contribution in [1.82, 2.24) is 15.1 Å². The number of hydrogen-bond donors (Lipinski definition) is 1. The summed E-state index contributed by atoms with van der Waals surface area (Å²) in [5, 5.41) is 2.87. The monoisotopic (exact) mass is 366 g/mol. The van der Waals surface area contributed by atoms with Crippen molar-refractivity contribution in [3.05, 3.63) is 30.3 Å². The van der Waals surface area contributed by atoms with Crippen LogP contribution in [-0.4, -0.2) is 67.0 Å². The fourth-order valence-corrected chi connectivity index (χ4v) is 3.28. The van der Waals surface area contributed by atoms with E-state index in [1.165, 1.54) is 10.6 Å². The summed E-state index contributed by atoms with van der Waals surface area (Å²) < 4.78 is 0. The molecule has 3 rings (SSSR count). The van der Waals surface area contributed by atoms with Crippen LogP contribution in [-0.2, 0) is 4.79 Å². The summed E-state index contributed by atoms with van der Waals surface area (Å²) in [6.45, 7) is 8.79. The summed E-state index contributed by atoms with van der Waals surface area (Å²) in [7, 11) is 0. The second kappa shape index (κ2) is 8.54. The standard InChI is InChI=1S/C18H26N4O2.ClH/c1-14-15(2)19-18(24)22(17(14)23)13-10-20-8-11-21(12-9-20)16-6-4-3-5-7-16;/h3-7,14-15H,8-13H2,1-2H3,(H,19,24);1H. The minimum atomic E-state index is -0.256. The first-order valence-corrected chi connectivity index (χ1v) is 8.70. The number of piperazine rings is 1. The average molecular weight is 367 g/mol. The SMILES string of the molecule is CC1NC(=O)N(CCN2CCN(c3ccccc3)CC2)C(=O)C1C.Cl. The molecular formula is C18H27ClN4O2. The Hall–Kier alpha value is -1.79. The normalized spacial score (nSPS) is 24.7.